The van der Waals surface area contributed by atoms with Gasteiger partial charge in [0, 0.05) is 24.7 Å². The third kappa shape index (κ3) is 3.63. The summed E-state index contributed by atoms with van der Waals surface area (Å²) < 4.78 is 10.5. The van der Waals surface area contributed by atoms with Gasteiger partial charge in [-0.05, 0) is 35.7 Å². The molecular formula is C32H19N5OPd. The van der Waals surface area contributed by atoms with Crippen molar-refractivity contribution in [3.8, 4) is 22.9 Å². The molecule has 8 rings (SSSR count). The van der Waals surface area contributed by atoms with Crippen LogP contribution in [0.1, 0.15) is 0 Å². The molecule has 4 aromatic carbocycles. The Hall–Kier alpha value is -4.57. The summed E-state index contributed by atoms with van der Waals surface area (Å²) in [5.74, 6) is 2.02. The van der Waals surface area contributed by atoms with Crippen molar-refractivity contribution in [3.63, 3.8) is 0 Å². The summed E-state index contributed by atoms with van der Waals surface area (Å²) in [6.07, 6.45) is 1.82. The molecule has 0 N–H and O–H groups in total. The van der Waals surface area contributed by atoms with Crippen molar-refractivity contribution in [2.45, 2.75) is 0 Å². The van der Waals surface area contributed by atoms with Crippen molar-refractivity contribution in [1.82, 2.24) is 23.9 Å². The largest absolute Gasteiger partial charge is 2.00 e. The molecule has 0 aliphatic carbocycles. The first-order valence-electron chi connectivity index (χ1n) is 12.4. The number of rotatable bonds is 3. The number of pyridine rings is 2. The Morgan fingerprint density at radius 2 is 1.44 bits per heavy atom. The molecule has 6 nitrogen and oxygen atoms in total. The van der Waals surface area contributed by atoms with Gasteiger partial charge >= 0.3 is 20.4 Å². The fraction of sp³-hybridized carbons (Fsp3) is 0.0312. The van der Waals surface area contributed by atoms with E-state index < -0.39 is 0 Å². The second kappa shape index (κ2) is 9.02. The minimum atomic E-state index is 0. The predicted octanol–water partition coefficient (Wildman–Crippen LogP) is 7.13. The zero-order chi connectivity index (χ0) is 25.2. The summed E-state index contributed by atoms with van der Waals surface area (Å²) in [7, 11) is 2.02. The van der Waals surface area contributed by atoms with Gasteiger partial charge in [-0.1, -0.05) is 59.3 Å². The van der Waals surface area contributed by atoms with E-state index in [4.69, 9.17) is 19.7 Å². The van der Waals surface area contributed by atoms with Crippen LogP contribution >= 0.6 is 0 Å². The van der Waals surface area contributed by atoms with E-state index >= 15 is 0 Å². The normalized spacial score (nSPS) is 11.5. The molecule has 0 fully saturated rings. The monoisotopic (exact) mass is 595 g/mol. The Balaban J connectivity index is 0.00000253. The first-order chi connectivity index (χ1) is 18.7. The molecule has 0 atom stereocenters. The van der Waals surface area contributed by atoms with Crippen LogP contribution in [0.15, 0.2) is 97.2 Å². The molecule has 0 saturated carbocycles. The Morgan fingerprint density at radius 3 is 2.28 bits per heavy atom. The summed E-state index contributed by atoms with van der Waals surface area (Å²) in [6.45, 7) is 0. The van der Waals surface area contributed by atoms with Gasteiger partial charge in [-0.2, -0.15) is 0 Å². The smallest absolute Gasteiger partial charge is 0.497 e. The molecule has 188 valence electrons. The summed E-state index contributed by atoms with van der Waals surface area (Å²) >= 11 is 0. The number of hydrogen-bond acceptors (Lipinski definition) is 4. The maximum Gasteiger partial charge on any atom is 2.00 e. The third-order valence-electron chi connectivity index (χ3n) is 7.01. The van der Waals surface area contributed by atoms with Crippen molar-refractivity contribution in [1.29, 1.82) is 0 Å². The fourth-order valence-electron chi connectivity index (χ4n) is 5.27. The van der Waals surface area contributed by atoms with Crippen molar-refractivity contribution < 1.29 is 25.2 Å². The second-order valence-electron chi connectivity index (χ2n) is 9.26. The van der Waals surface area contributed by atoms with Crippen LogP contribution in [-0.4, -0.2) is 23.9 Å². The predicted molar refractivity (Wildman–Crippen MR) is 149 cm³/mol. The maximum atomic E-state index is 6.30. The average Bonchev–Trinajstić information content (AvgIpc) is 3.52. The number of fused-ring (bicyclic) bond motifs is 9. The minimum absolute atomic E-state index is 0. The molecule has 0 amide bonds. The minimum Gasteiger partial charge on any atom is -0.497 e. The van der Waals surface area contributed by atoms with Gasteiger partial charge in [0.1, 0.15) is 5.65 Å². The number of nitrogens with zero attached hydrogens (tertiary/aromatic N) is 5. The van der Waals surface area contributed by atoms with E-state index in [1.54, 1.807) is 0 Å². The molecule has 4 aromatic heterocycles. The van der Waals surface area contributed by atoms with Gasteiger partial charge in [0.25, 0.3) is 0 Å². The van der Waals surface area contributed by atoms with Crippen LogP contribution in [0.4, 0.5) is 0 Å². The summed E-state index contributed by atoms with van der Waals surface area (Å²) in [5.41, 5.74) is 6.48. The summed E-state index contributed by atoms with van der Waals surface area (Å²) in [4.78, 5) is 14.4. The van der Waals surface area contributed by atoms with Crippen LogP contribution in [-0.2, 0) is 27.5 Å². The van der Waals surface area contributed by atoms with Crippen molar-refractivity contribution in [2.75, 3.05) is 0 Å². The molecule has 0 aliphatic heterocycles. The van der Waals surface area contributed by atoms with E-state index in [2.05, 4.69) is 45.4 Å². The molecule has 4 heterocycles. The van der Waals surface area contributed by atoms with Crippen LogP contribution in [0, 0.1) is 12.1 Å². The molecule has 39 heavy (non-hydrogen) atoms. The molecule has 0 saturated heterocycles. The molecule has 7 heteroatoms. The molecule has 0 radical (unpaired) electrons. The van der Waals surface area contributed by atoms with Crippen LogP contribution in [0.25, 0.3) is 60.9 Å². The van der Waals surface area contributed by atoms with Gasteiger partial charge in [0.05, 0.1) is 33.5 Å². The molecule has 8 aromatic rings. The number of benzene rings is 4. The number of imidazole rings is 2. The van der Waals surface area contributed by atoms with E-state index in [1.165, 1.54) is 0 Å². The Labute approximate surface area is 237 Å². The maximum absolute atomic E-state index is 6.30. The van der Waals surface area contributed by atoms with Crippen LogP contribution in [0.3, 0.4) is 0 Å². The number of ether oxygens (including phenoxy) is 1. The zero-order valence-electron chi connectivity index (χ0n) is 20.7. The van der Waals surface area contributed by atoms with Crippen LogP contribution in [0.2, 0.25) is 0 Å². The van der Waals surface area contributed by atoms with Gasteiger partial charge in [-0.25, -0.2) is 4.98 Å². The van der Waals surface area contributed by atoms with Crippen LogP contribution < -0.4 is 4.74 Å². The number of hydrogen-bond donors (Lipinski definition) is 0. The number of aryl methyl sites for hydroxylation is 1. The topological polar surface area (TPSA) is 57.2 Å². The van der Waals surface area contributed by atoms with E-state index in [0.717, 1.165) is 60.9 Å². The zero-order valence-corrected chi connectivity index (χ0v) is 22.3. The van der Waals surface area contributed by atoms with Crippen LogP contribution in [0.5, 0.6) is 11.5 Å². The quantitative estimate of drug-likeness (QED) is 0.124. The Bertz CT molecular complexity index is 2200. The molecule has 0 aliphatic rings. The van der Waals surface area contributed by atoms with E-state index in [1.807, 2.05) is 80.0 Å². The van der Waals surface area contributed by atoms with Gasteiger partial charge < -0.3 is 13.7 Å². The average molecular weight is 596 g/mol. The first-order valence-corrected chi connectivity index (χ1v) is 12.4. The van der Waals surface area contributed by atoms with Gasteiger partial charge in [0.2, 0.25) is 0 Å². The Kier molecular flexibility index (Phi) is 5.45. The molecule has 0 spiro atoms. The fourth-order valence-corrected chi connectivity index (χ4v) is 5.27. The van der Waals surface area contributed by atoms with E-state index in [9.17, 15) is 0 Å². The van der Waals surface area contributed by atoms with Crippen molar-refractivity contribution in [2.24, 2.45) is 7.05 Å². The number of para-hydroxylation sites is 4. The Morgan fingerprint density at radius 1 is 0.667 bits per heavy atom. The van der Waals surface area contributed by atoms with E-state index in [0.29, 0.717) is 11.5 Å². The standard InChI is InChI=1S/C32H19N5O.Pd/c1-36-28-13-4-2-11-26(28)34-30(36)20-8-6-9-21(18-20)38-22-15-16-23-24-10-7-17-33-31(24)37-29-14-5-3-12-27(29)35-32(37)25(23)19-22;/h2-17H,1H3;/q-2;+2. The first kappa shape index (κ1) is 23.5. The summed E-state index contributed by atoms with van der Waals surface area (Å²) in [5, 5.41) is 2.95. The molecule has 0 unspecified atom stereocenters. The third-order valence-corrected chi connectivity index (χ3v) is 7.01. The van der Waals surface area contributed by atoms with E-state index in [-0.39, 0.29) is 20.4 Å². The van der Waals surface area contributed by atoms with Crippen molar-refractivity contribution in [3.05, 3.63) is 109 Å². The van der Waals surface area contributed by atoms with Gasteiger partial charge in [-0.3, -0.25) is 9.97 Å². The SMILES string of the molecule is Cn1c(-c2[c-]c(Oc3[c-]c4c(cc3)c3cccnc3n3c5ccccc5nc43)ccc2)nc2ccccc21.[Pd+2]. The molecular weight excluding hydrogens is 577 g/mol. The van der Waals surface area contributed by atoms with Crippen molar-refractivity contribution >= 4 is 49.5 Å². The molecule has 0 bridgehead atoms. The van der Waals surface area contributed by atoms with Gasteiger partial charge in [0.15, 0.2) is 0 Å². The number of aromatic nitrogens is 5. The summed E-state index contributed by atoms with van der Waals surface area (Å²) in [6, 6.07) is 37.0. The second-order valence-corrected chi connectivity index (χ2v) is 9.26. The van der Waals surface area contributed by atoms with Gasteiger partial charge in [-0.15, -0.1) is 29.8 Å².